The number of rotatable bonds is 11. The van der Waals surface area contributed by atoms with Gasteiger partial charge in [-0.25, -0.2) is 19.9 Å². The molecule has 538 valence electrons. The molecule has 1 atom stereocenters. The second-order valence-electron chi connectivity index (χ2n) is 30.0. The van der Waals surface area contributed by atoms with E-state index in [2.05, 4.69) is 352 Å². The van der Waals surface area contributed by atoms with Crippen LogP contribution in [0.2, 0.25) is 0 Å². The van der Waals surface area contributed by atoms with Gasteiger partial charge < -0.3 is 4.74 Å². The van der Waals surface area contributed by atoms with E-state index >= 15 is 0 Å². The normalized spacial score (nSPS) is 13.8. The topological polar surface area (TPSA) is 108 Å². The van der Waals surface area contributed by atoms with Crippen molar-refractivity contribution in [1.29, 1.82) is 10.5 Å². The maximum absolute atomic E-state index is 10.1. The maximum Gasteiger partial charge on any atom is 0.160 e. The number of aromatic nitrogens is 4. The Labute approximate surface area is 676 Å². The first-order chi connectivity index (χ1) is 57.4. The van der Waals surface area contributed by atoms with Gasteiger partial charge >= 0.3 is 0 Å². The first kappa shape index (κ1) is 67.7. The lowest BCUT2D eigenvalue weighted by atomic mass is 9.65. The summed E-state index contributed by atoms with van der Waals surface area (Å²) in [5, 5.41) is 20.1. The molecule has 2 aromatic heterocycles. The van der Waals surface area contributed by atoms with E-state index in [0.717, 1.165) is 168 Å². The molecule has 0 radical (unpaired) electrons. The molecular weight excluding hydrogens is 1430 g/mol. The van der Waals surface area contributed by atoms with E-state index in [1.165, 1.54) is 32.0 Å². The molecule has 2 aliphatic heterocycles. The Balaban J connectivity index is 0.702. The molecule has 7 nitrogen and oxygen atoms in total. The fourth-order valence-corrected chi connectivity index (χ4v) is 19.7. The highest BCUT2D eigenvalue weighted by molar-refractivity contribution is 7.99. The van der Waals surface area contributed by atoms with Crippen molar-refractivity contribution in [3.05, 3.63) is 444 Å². The largest absolute Gasteiger partial charge is 0.456 e. The number of nitrogens with zero attached hydrogens (tertiary/aromatic N) is 6. The van der Waals surface area contributed by atoms with Crippen LogP contribution < -0.4 is 4.74 Å². The van der Waals surface area contributed by atoms with Gasteiger partial charge in [0.2, 0.25) is 0 Å². The molecule has 0 saturated heterocycles. The Morgan fingerprint density at radius 2 is 0.569 bits per heavy atom. The van der Waals surface area contributed by atoms with Crippen molar-refractivity contribution in [1.82, 2.24) is 19.9 Å². The van der Waals surface area contributed by atoms with Crippen molar-refractivity contribution >= 4 is 11.8 Å². The molecule has 1 unspecified atom stereocenters. The van der Waals surface area contributed by atoms with Crippen molar-refractivity contribution in [3.63, 3.8) is 0 Å². The summed E-state index contributed by atoms with van der Waals surface area (Å²) in [5.41, 5.74) is 32.6. The van der Waals surface area contributed by atoms with Gasteiger partial charge in [-0.3, -0.25) is 0 Å². The predicted octanol–water partition coefficient (Wildman–Crippen LogP) is 26.6. The summed E-state index contributed by atoms with van der Waals surface area (Å²) in [6, 6.07) is 142. The summed E-state index contributed by atoms with van der Waals surface area (Å²) in [6.07, 6.45) is 0. The van der Waals surface area contributed by atoms with Gasteiger partial charge in [0.15, 0.2) is 11.6 Å². The monoisotopic (exact) mass is 1490 g/mol. The molecule has 2 spiro atoms. The number of benzene rings is 16. The fraction of sp³-hybridized carbons (Fsp3) is 0.0185. The standard InChI is InChI=1S/C108H64N6OS/c109-65-67-43-47-71(48-44-67)82-31-18-37-92-102(82)85-61-80(97-63-95(111-105(113-97)74-25-8-3-9-26-74)78-29-16-27-76(59-78)69-21-4-1-5-22-69)55-57-87(85)107(92)89-34-10-13-40-99(89)115-104-84(33-20-39-94(104)107)73-51-53-75(54-52-73)106-112-96(79-30-17-28-77(60-79)70-23-6-2-7-24-70)64-98(114-106)81-56-58-88-86(62-81)103-83(72-49-45-68(66-110)46-50-72)32-19-38-93(103)108(88)90-35-11-14-41-100(90)116-101-42-15-12-36-91(101)108/h1-64H. The van der Waals surface area contributed by atoms with Crippen LogP contribution in [0.4, 0.5) is 0 Å². The van der Waals surface area contributed by atoms with Crippen LogP contribution >= 0.6 is 11.8 Å². The highest BCUT2D eigenvalue weighted by Gasteiger charge is 2.54. The zero-order valence-corrected chi connectivity index (χ0v) is 63.3. The molecule has 2 aliphatic carbocycles. The second-order valence-corrected chi connectivity index (χ2v) is 31.1. The van der Waals surface area contributed by atoms with Crippen LogP contribution in [0.3, 0.4) is 0 Å². The van der Waals surface area contributed by atoms with Gasteiger partial charge in [0.05, 0.1) is 56.9 Å². The number of hydrogen-bond donors (Lipinski definition) is 0. The average Bonchev–Trinajstić information content (AvgIpc) is 1.51. The van der Waals surface area contributed by atoms with E-state index in [1.54, 1.807) is 0 Å². The molecule has 0 fully saturated rings. The average molecular weight is 1490 g/mol. The molecule has 4 aliphatic rings. The third-order valence-electron chi connectivity index (χ3n) is 23.8. The van der Waals surface area contributed by atoms with E-state index in [9.17, 15) is 10.5 Å². The first-order valence-electron chi connectivity index (χ1n) is 39.0. The van der Waals surface area contributed by atoms with E-state index < -0.39 is 10.8 Å². The Bertz CT molecular complexity index is 7110. The number of nitriles is 2. The van der Waals surface area contributed by atoms with Crippen LogP contribution in [-0.4, -0.2) is 19.9 Å². The van der Waals surface area contributed by atoms with Crippen LogP contribution in [-0.2, 0) is 10.8 Å². The van der Waals surface area contributed by atoms with Crippen LogP contribution in [0.25, 0.3) is 146 Å². The molecule has 0 amide bonds. The quantitative estimate of drug-likeness (QED) is 0.126. The Morgan fingerprint density at radius 3 is 1.05 bits per heavy atom. The minimum absolute atomic E-state index is 0.583. The summed E-state index contributed by atoms with van der Waals surface area (Å²) in [5.74, 6) is 2.74. The van der Waals surface area contributed by atoms with Gasteiger partial charge in [0.25, 0.3) is 0 Å². The maximum atomic E-state index is 10.1. The van der Waals surface area contributed by atoms with Gasteiger partial charge in [-0.15, -0.1) is 0 Å². The number of fused-ring (bicyclic) bond motifs is 18. The summed E-state index contributed by atoms with van der Waals surface area (Å²) in [4.78, 5) is 24.4. The van der Waals surface area contributed by atoms with E-state index in [4.69, 9.17) is 24.7 Å². The fourth-order valence-electron chi connectivity index (χ4n) is 18.6. The molecule has 0 bridgehead atoms. The molecule has 0 saturated carbocycles. The number of hydrogen-bond acceptors (Lipinski definition) is 8. The summed E-state index contributed by atoms with van der Waals surface area (Å²) in [6.45, 7) is 0. The molecule has 8 heteroatoms. The van der Waals surface area contributed by atoms with Gasteiger partial charge in [-0.05, 0) is 185 Å². The summed E-state index contributed by atoms with van der Waals surface area (Å²) < 4.78 is 7.43. The molecule has 116 heavy (non-hydrogen) atoms. The first-order valence-corrected chi connectivity index (χ1v) is 39.8. The smallest absolute Gasteiger partial charge is 0.160 e. The van der Waals surface area contributed by atoms with E-state index in [1.807, 2.05) is 60.3 Å². The van der Waals surface area contributed by atoms with Gasteiger partial charge in [0, 0.05) is 59.9 Å². The lowest BCUT2D eigenvalue weighted by Crippen LogP contribution is -2.32. The Kier molecular flexibility index (Phi) is 15.9. The van der Waals surface area contributed by atoms with Crippen molar-refractivity contribution < 1.29 is 4.74 Å². The van der Waals surface area contributed by atoms with Crippen molar-refractivity contribution in [2.75, 3.05) is 0 Å². The molecule has 18 aromatic rings. The molecule has 22 rings (SSSR count). The number of para-hydroxylation sites is 2. The minimum atomic E-state index is -0.881. The summed E-state index contributed by atoms with van der Waals surface area (Å²) in [7, 11) is 0. The molecule has 16 aromatic carbocycles. The minimum Gasteiger partial charge on any atom is -0.456 e. The second kappa shape index (κ2) is 27.3. The molecule has 4 heterocycles. The van der Waals surface area contributed by atoms with Crippen molar-refractivity contribution in [3.8, 4) is 169 Å². The van der Waals surface area contributed by atoms with E-state index in [0.29, 0.717) is 22.8 Å². The zero-order chi connectivity index (χ0) is 77.0. The lowest BCUT2D eigenvalue weighted by molar-refractivity contribution is 0.438. The molecule has 0 N–H and O–H groups in total. The van der Waals surface area contributed by atoms with E-state index in [-0.39, 0.29) is 0 Å². The van der Waals surface area contributed by atoms with Crippen LogP contribution in [0.15, 0.2) is 398 Å². The number of ether oxygens (including phenoxy) is 1. The lowest BCUT2D eigenvalue weighted by Gasteiger charge is -2.40. The zero-order valence-electron chi connectivity index (χ0n) is 62.5. The van der Waals surface area contributed by atoms with Gasteiger partial charge in [-0.1, -0.05) is 321 Å². The SMILES string of the molecule is N#Cc1ccc(-c2cccc3c2-c2cc(-c4cc(-c5cccc(-c6ccccc6)c5)nc(-c5ccc(-c6cccc7c6Oc6ccccc6C76c7ccc(-c8cc(-c9cccc(-c%10ccccc%10)c9)nc(-c9ccccc9)n8)cc7-c7c(-c8ccc(C#N)cc8)cccc76)cc5)n4)ccc2C32c3ccccc3Sc3ccccc32)cc1. The van der Waals surface area contributed by atoms with Crippen LogP contribution in [0.1, 0.15) is 55.6 Å². The molecular formula is C108H64N6OS. The predicted molar refractivity (Wildman–Crippen MR) is 466 cm³/mol. The van der Waals surface area contributed by atoms with Crippen LogP contribution in [0, 0.1) is 22.7 Å². The van der Waals surface area contributed by atoms with Gasteiger partial charge in [0.1, 0.15) is 11.5 Å². The highest BCUT2D eigenvalue weighted by atomic mass is 32.2. The van der Waals surface area contributed by atoms with Crippen LogP contribution in [0.5, 0.6) is 11.5 Å². The van der Waals surface area contributed by atoms with Crippen molar-refractivity contribution in [2.45, 2.75) is 20.6 Å². The van der Waals surface area contributed by atoms with Crippen molar-refractivity contribution in [2.24, 2.45) is 0 Å². The Hall–Kier alpha value is -15.2. The summed E-state index contributed by atoms with van der Waals surface area (Å²) >= 11 is 1.83. The third kappa shape index (κ3) is 10.8. The Morgan fingerprint density at radius 1 is 0.233 bits per heavy atom. The third-order valence-corrected chi connectivity index (χ3v) is 24.9. The highest BCUT2D eigenvalue weighted by Crippen LogP contribution is 2.67. The van der Waals surface area contributed by atoms with Gasteiger partial charge in [-0.2, -0.15) is 10.5 Å².